The van der Waals surface area contributed by atoms with Crippen LogP contribution in [0.3, 0.4) is 0 Å². The summed E-state index contributed by atoms with van der Waals surface area (Å²) in [5, 5.41) is 22.8. The van der Waals surface area contributed by atoms with Crippen LogP contribution in [0.2, 0.25) is 0 Å². The van der Waals surface area contributed by atoms with Crippen molar-refractivity contribution < 1.29 is 48.3 Å². The molecule has 3 fully saturated rings. The Balaban J connectivity index is 1.88. The van der Waals surface area contributed by atoms with E-state index in [1.165, 1.54) is 13.8 Å². The monoisotopic (exact) mass is 548 g/mol. The highest BCUT2D eigenvalue weighted by atomic mass is 16.7. The first kappa shape index (κ1) is 29.4. The number of ether oxygens (including phenoxy) is 4. The fourth-order valence-corrected chi connectivity index (χ4v) is 7.12. The second-order valence-corrected chi connectivity index (χ2v) is 12.1. The molecule has 10 heteroatoms. The van der Waals surface area contributed by atoms with Gasteiger partial charge in [-0.1, -0.05) is 26.8 Å². The van der Waals surface area contributed by atoms with Gasteiger partial charge in [0, 0.05) is 36.7 Å². The number of carbonyl (C=O) groups excluding carboxylic acids is 4. The fourth-order valence-electron chi connectivity index (χ4n) is 7.12. The largest absolute Gasteiger partial charge is 0.465 e. The van der Waals surface area contributed by atoms with Crippen molar-refractivity contribution in [3.8, 4) is 0 Å². The molecule has 216 valence electrons. The number of hydrogen-bond acceptors (Lipinski definition) is 10. The molecule has 0 bridgehead atoms. The molecular weight excluding hydrogens is 508 g/mol. The van der Waals surface area contributed by atoms with E-state index in [-0.39, 0.29) is 24.7 Å². The van der Waals surface area contributed by atoms with Crippen molar-refractivity contribution in [1.29, 1.82) is 0 Å². The number of rotatable bonds is 5. The topological polar surface area (TPSA) is 149 Å². The first-order valence-electron chi connectivity index (χ1n) is 13.5. The van der Waals surface area contributed by atoms with E-state index < -0.39 is 76.7 Å². The molecule has 2 N–H and O–H groups in total. The summed E-state index contributed by atoms with van der Waals surface area (Å²) in [5.74, 6) is -4.43. The molecule has 4 rings (SSSR count). The van der Waals surface area contributed by atoms with Crippen molar-refractivity contribution in [2.75, 3.05) is 6.61 Å². The third-order valence-electron chi connectivity index (χ3n) is 9.44. The summed E-state index contributed by atoms with van der Waals surface area (Å²) in [4.78, 5) is 51.2. The van der Waals surface area contributed by atoms with Gasteiger partial charge in [-0.05, 0) is 44.8 Å². The summed E-state index contributed by atoms with van der Waals surface area (Å²) in [7, 11) is 0. The van der Waals surface area contributed by atoms with Crippen LogP contribution in [-0.4, -0.2) is 76.1 Å². The third kappa shape index (κ3) is 4.44. The Morgan fingerprint density at radius 3 is 2.26 bits per heavy atom. The summed E-state index contributed by atoms with van der Waals surface area (Å²) < 4.78 is 23.1. The molecule has 0 spiro atoms. The minimum Gasteiger partial charge on any atom is -0.465 e. The summed E-state index contributed by atoms with van der Waals surface area (Å²) in [5.41, 5.74) is -2.86. The predicted molar refractivity (Wildman–Crippen MR) is 137 cm³/mol. The molecule has 0 aromatic heterocycles. The molecule has 39 heavy (non-hydrogen) atoms. The molecule has 0 unspecified atom stereocenters. The van der Waals surface area contributed by atoms with Gasteiger partial charge in [-0.25, -0.2) is 4.79 Å². The Hall–Kier alpha value is -2.56. The number of aliphatic hydroxyl groups excluding tert-OH is 2. The quantitative estimate of drug-likeness (QED) is 0.172. The second kappa shape index (κ2) is 9.82. The molecule has 0 radical (unpaired) electrons. The second-order valence-electron chi connectivity index (χ2n) is 12.1. The Kier molecular flexibility index (Phi) is 7.41. The lowest BCUT2D eigenvalue weighted by Gasteiger charge is -2.28. The van der Waals surface area contributed by atoms with Gasteiger partial charge in [0.15, 0.2) is 17.0 Å². The molecule has 0 amide bonds. The summed E-state index contributed by atoms with van der Waals surface area (Å²) in [6, 6.07) is 0. The molecule has 1 saturated heterocycles. The Bertz CT molecular complexity index is 1140. The van der Waals surface area contributed by atoms with E-state index in [0.717, 1.165) is 0 Å². The van der Waals surface area contributed by atoms with Gasteiger partial charge in [0.25, 0.3) is 0 Å². The Morgan fingerprint density at radius 1 is 1.08 bits per heavy atom. The van der Waals surface area contributed by atoms with Crippen LogP contribution < -0.4 is 0 Å². The maximum atomic E-state index is 14.1. The molecule has 0 aromatic rings. The van der Waals surface area contributed by atoms with E-state index in [0.29, 0.717) is 11.1 Å². The highest BCUT2D eigenvalue weighted by Gasteiger charge is 2.83. The van der Waals surface area contributed by atoms with E-state index in [4.69, 9.17) is 18.9 Å². The van der Waals surface area contributed by atoms with Gasteiger partial charge in [0.1, 0.15) is 18.3 Å². The zero-order valence-corrected chi connectivity index (χ0v) is 23.8. The number of hydrogen-bond donors (Lipinski definition) is 2. The lowest BCUT2D eigenvalue weighted by Crippen LogP contribution is -2.43. The average Bonchev–Trinajstić information content (AvgIpc) is 3.69. The van der Waals surface area contributed by atoms with Crippen molar-refractivity contribution in [3.63, 3.8) is 0 Å². The lowest BCUT2D eigenvalue weighted by atomic mass is 9.80. The van der Waals surface area contributed by atoms with Crippen LogP contribution in [0, 0.1) is 29.1 Å². The van der Waals surface area contributed by atoms with Crippen molar-refractivity contribution in [2.24, 2.45) is 29.1 Å². The van der Waals surface area contributed by atoms with E-state index >= 15 is 0 Å². The Labute approximate surface area is 228 Å². The van der Waals surface area contributed by atoms with Gasteiger partial charge in [-0.3, -0.25) is 14.4 Å². The normalized spacial score (nSPS) is 46.4. The number of fused-ring (bicyclic) bond motifs is 1. The molecular formula is C29H40O10. The summed E-state index contributed by atoms with van der Waals surface area (Å²) >= 11 is 0. The van der Waals surface area contributed by atoms with Gasteiger partial charge < -0.3 is 29.2 Å². The van der Waals surface area contributed by atoms with Crippen molar-refractivity contribution in [2.45, 2.75) is 97.4 Å². The number of carbonyl (C=O) groups is 4. The van der Waals surface area contributed by atoms with Crippen LogP contribution in [0.15, 0.2) is 23.3 Å². The van der Waals surface area contributed by atoms with Gasteiger partial charge in [-0.15, -0.1) is 0 Å². The van der Waals surface area contributed by atoms with Crippen molar-refractivity contribution >= 4 is 23.7 Å². The van der Waals surface area contributed by atoms with E-state index in [2.05, 4.69) is 0 Å². The summed E-state index contributed by atoms with van der Waals surface area (Å²) in [6.07, 6.45) is -1.01. The summed E-state index contributed by atoms with van der Waals surface area (Å²) in [6.45, 7) is 12.6. The van der Waals surface area contributed by atoms with E-state index in [9.17, 15) is 29.4 Å². The van der Waals surface area contributed by atoms with Crippen LogP contribution in [0.1, 0.15) is 61.8 Å². The van der Waals surface area contributed by atoms with Crippen LogP contribution in [0.25, 0.3) is 0 Å². The average molecular weight is 549 g/mol. The van der Waals surface area contributed by atoms with Crippen LogP contribution in [0.5, 0.6) is 0 Å². The number of allylic oxidation sites excluding steroid dienone is 1. The van der Waals surface area contributed by atoms with Crippen LogP contribution in [0.4, 0.5) is 0 Å². The van der Waals surface area contributed by atoms with Gasteiger partial charge in [-0.2, -0.15) is 0 Å². The molecule has 1 aliphatic heterocycles. The molecule has 0 aromatic carbocycles. The van der Waals surface area contributed by atoms with Gasteiger partial charge in [0.2, 0.25) is 0 Å². The molecule has 4 aliphatic rings. The highest BCUT2D eigenvalue weighted by molar-refractivity contribution is 5.96. The minimum absolute atomic E-state index is 0.0935. The zero-order chi connectivity index (χ0) is 29.2. The first-order valence-corrected chi connectivity index (χ1v) is 13.5. The minimum atomic E-state index is -1.34. The SMILES string of the molecule is C/C=C(\C)C(=O)O[C@H]1[C@H]2[C@@H]([C@@H](OC(C)=O)[C@@H](C)C(=O)[C@@]34C[C@H](C)[C@H](O)[C@]3(/C=C(\C)[C@H]1O)O4)[C@@]2(C)COC(C)=O. The zero-order valence-electron chi connectivity index (χ0n) is 23.8. The van der Waals surface area contributed by atoms with Crippen LogP contribution in [-0.2, 0) is 38.1 Å². The number of aliphatic hydroxyl groups is 2. The van der Waals surface area contributed by atoms with E-state index in [1.54, 1.807) is 46.8 Å². The van der Waals surface area contributed by atoms with Gasteiger partial charge >= 0.3 is 17.9 Å². The van der Waals surface area contributed by atoms with Crippen LogP contribution >= 0.6 is 0 Å². The molecule has 2 saturated carbocycles. The molecule has 10 nitrogen and oxygen atoms in total. The molecule has 3 aliphatic carbocycles. The standard InChI is InChI=1S/C29H40O10/c1-9-13(2)26(35)38-23-20-19(27(20,8)12-36-17(6)30)22(37-18(7)31)16(5)25(34)29-11-15(4)24(33)28(29,39-29)10-14(3)21(23)32/h9-10,15-16,19-24,32-33H,11-12H2,1-8H3/b13-9+,14-10+/t15-,16+,19-,20+,21+,22-,23-,24-,27+,28-,29-/m0/s1. The van der Waals surface area contributed by atoms with Crippen molar-refractivity contribution in [3.05, 3.63) is 23.3 Å². The lowest BCUT2D eigenvalue weighted by molar-refractivity contribution is -0.157. The smallest absolute Gasteiger partial charge is 0.333 e. The Morgan fingerprint density at radius 2 is 1.69 bits per heavy atom. The fraction of sp³-hybridized carbons (Fsp3) is 0.724. The van der Waals surface area contributed by atoms with E-state index in [1.807, 2.05) is 6.92 Å². The predicted octanol–water partition coefficient (Wildman–Crippen LogP) is 2.05. The number of epoxide rings is 1. The first-order chi connectivity index (χ1) is 18.1. The highest BCUT2D eigenvalue weighted by Crippen LogP contribution is 2.68. The molecule has 11 atom stereocenters. The van der Waals surface area contributed by atoms with Gasteiger partial charge in [0.05, 0.1) is 18.6 Å². The maximum absolute atomic E-state index is 14.1. The number of esters is 3. The maximum Gasteiger partial charge on any atom is 0.333 e. The van der Waals surface area contributed by atoms with Crippen molar-refractivity contribution in [1.82, 2.24) is 0 Å². The number of Topliss-reactive ketones (excluding diaryl/α,β-unsaturated/α-hetero) is 1. The third-order valence-corrected chi connectivity index (χ3v) is 9.44. The number of ketones is 1. The molecule has 1 heterocycles.